The molecule has 0 bridgehead atoms. The number of halogens is 1. The van der Waals surface area contributed by atoms with E-state index in [0.29, 0.717) is 24.9 Å². The fraction of sp³-hybridized carbons (Fsp3) is 0.500. The van der Waals surface area contributed by atoms with Crippen LogP contribution in [0, 0.1) is 11.7 Å². The van der Waals surface area contributed by atoms with E-state index >= 15 is 0 Å². The largest absolute Gasteiger partial charge is 0.350 e. The number of rotatable bonds is 5. The molecule has 0 unspecified atom stereocenters. The predicted octanol–water partition coefficient (Wildman–Crippen LogP) is 1.32. The number of piperidine rings is 1. The molecule has 1 aliphatic rings. The first-order valence-electron chi connectivity index (χ1n) is 8.38. The molecule has 1 heterocycles. The molecule has 0 saturated carbocycles. The highest BCUT2D eigenvalue weighted by Gasteiger charge is 2.29. The van der Waals surface area contributed by atoms with E-state index in [1.54, 1.807) is 11.9 Å². The van der Waals surface area contributed by atoms with Gasteiger partial charge in [-0.25, -0.2) is 4.39 Å². The van der Waals surface area contributed by atoms with Crippen molar-refractivity contribution in [1.29, 1.82) is 0 Å². The molecule has 136 valence electrons. The third-order valence-electron chi connectivity index (χ3n) is 4.32. The van der Waals surface area contributed by atoms with Crippen LogP contribution in [0.4, 0.5) is 4.39 Å². The second-order valence-electron chi connectivity index (χ2n) is 6.72. The van der Waals surface area contributed by atoms with Crippen molar-refractivity contribution >= 4 is 17.7 Å². The Morgan fingerprint density at radius 3 is 2.44 bits per heavy atom. The zero-order chi connectivity index (χ0) is 18.6. The van der Waals surface area contributed by atoms with Gasteiger partial charge in [-0.05, 0) is 36.6 Å². The van der Waals surface area contributed by atoms with Gasteiger partial charge in [-0.2, -0.15) is 0 Å². The predicted molar refractivity (Wildman–Crippen MR) is 91.3 cm³/mol. The van der Waals surface area contributed by atoms with Crippen LogP contribution in [-0.4, -0.2) is 48.3 Å². The SMILES string of the molecule is CC(C)[C@@H](NC(=O)c1ccc(F)cc1)C(=O)N[C@@H]1CCC(=O)N(C)C1. The lowest BCUT2D eigenvalue weighted by molar-refractivity contribution is -0.134. The molecule has 0 spiro atoms. The normalized spacial score (nSPS) is 18.8. The number of carbonyl (C=O) groups is 3. The fourth-order valence-corrected chi connectivity index (χ4v) is 2.78. The monoisotopic (exact) mass is 349 g/mol. The zero-order valence-electron chi connectivity index (χ0n) is 14.7. The summed E-state index contributed by atoms with van der Waals surface area (Å²) in [4.78, 5) is 38.0. The quantitative estimate of drug-likeness (QED) is 0.841. The van der Waals surface area contributed by atoms with Crippen molar-refractivity contribution in [2.45, 2.75) is 38.8 Å². The summed E-state index contributed by atoms with van der Waals surface area (Å²) in [5.74, 6) is -1.18. The Morgan fingerprint density at radius 2 is 1.88 bits per heavy atom. The van der Waals surface area contributed by atoms with Gasteiger partial charge < -0.3 is 15.5 Å². The molecule has 2 atom stereocenters. The van der Waals surface area contributed by atoms with Crippen LogP contribution < -0.4 is 10.6 Å². The molecular formula is C18H24FN3O3. The number of nitrogens with one attached hydrogen (secondary N) is 2. The van der Waals surface area contributed by atoms with Crippen molar-refractivity contribution in [2.75, 3.05) is 13.6 Å². The highest BCUT2D eigenvalue weighted by Crippen LogP contribution is 2.12. The van der Waals surface area contributed by atoms with E-state index in [1.807, 2.05) is 13.8 Å². The molecule has 2 rings (SSSR count). The highest BCUT2D eigenvalue weighted by atomic mass is 19.1. The number of nitrogens with zero attached hydrogens (tertiary/aromatic N) is 1. The molecule has 1 aromatic rings. The Kier molecular flexibility index (Phi) is 6.12. The molecule has 0 aliphatic carbocycles. The number of hydrogen-bond acceptors (Lipinski definition) is 3. The molecule has 3 amide bonds. The number of amides is 3. The zero-order valence-corrected chi connectivity index (χ0v) is 14.7. The van der Waals surface area contributed by atoms with Gasteiger partial charge in [-0.15, -0.1) is 0 Å². The van der Waals surface area contributed by atoms with Crippen LogP contribution in [0.2, 0.25) is 0 Å². The Morgan fingerprint density at radius 1 is 1.24 bits per heavy atom. The van der Waals surface area contributed by atoms with Crippen LogP contribution in [0.1, 0.15) is 37.0 Å². The summed E-state index contributed by atoms with van der Waals surface area (Å²) in [5.41, 5.74) is 0.294. The van der Waals surface area contributed by atoms with Gasteiger partial charge in [0.15, 0.2) is 0 Å². The fourth-order valence-electron chi connectivity index (χ4n) is 2.78. The first-order chi connectivity index (χ1) is 11.8. The standard InChI is InChI=1S/C18H24FN3O3/c1-11(2)16(21-17(24)12-4-6-13(19)7-5-12)18(25)20-14-8-9-15(23)22(3)10-14/h4-7,11,14,16H,8-10H2,1-3H3,(H,20,25)(H,21,24)/t14-,16-/m1/s1. The molecule has 0 radical (unpaired) electrons. The summed E-state index contributed by atoms with van der Waals surface area (Å²) in [6.45, 7) is 4.14. The summed E-state index contributed by atoms with van der Waals surface area (Å²) in [7, 11) is 1.71. The van der Waals surface area contributed by atoms with Crippen LogP contribution in [0.15, 0.2) is 24.3 Å². The smallest absolute Gasteiger partial charge is 0.251 e. The average molecular weight is 349 g/mol. The second-order valence-corrected chi connectivity index (χ2v) is 6.72. The molecule has 1 aliphatic heterocycles. The number of carbonyl (C=O) groups excluding carboxylic acids is 3. The van der Waals surface area contributed by atoms with E-state index in [1.165, 1.54) is 24.3 Å². The van der Waals surface area contributed by atoms with Crippen LogP contribution in [-0.2, 0) is 9.59 Å². The lowest BCUT2D eigenvalue weighted by atomic mass is 10.0. The van der Waals surface area contributed by atoms with E-state index in [0.717, 1.165) is 0 Å². The van der Waals surface area contributed by atoms with Crippen molar-refractivity contribution in [2.24, 2.45) is 5.92 Å². The van der Waals surface area contributed by atoms with Gasteiger partial charge in [0.2, 0.25) is 11.8 Å². The minimum Gasteiger partial charge on any atom is -0.350 e. The number of benzene rings is 1. The molecule has 25 heavy (non-hydrogen) atoms. The first kappa shape index (κ1) is 18.9. The Bertz CT molecular complexity index is 645. The van der Waals surface area contributed by atoms with Crippen molar-refractivity contribution in [3.05, 3.63) is 35.6 Å². The van der Waals surface area contributed by atoms with Gasteiger partial charge in [0.25, 0.3) is 5.91 Å². The lowest BCUT2D eigenvalue weighted by Gasteiger charge is -2.32. The van der Waals surface area contributed by atoms with E-state index in [2.05, 4.69) is 10.6 Å². The summed E-state index contributed by atoms with van der Waals surface area (Å²) in [6, 6.07) is 4.32. The molecular weight excluding hydrogens is 325 g/mol. The molecule has 1 fully saturated rings. The van der Waals surface area contributed by atoms with Crippen LogP contribution in [0.3, 0.4) is 0 Å². The van der Waals surface area contributed by atoms with Crippen LogP contribution in [0.25, 0.3) is 0 Å². The van der Waals surface area contributed by atoms with Crippen molar-refractivity contribution in [3.63, 3.8) is 0 Å². The Hall–Kier alpha value is -2.44. The van der Waals surface area contributed by atoms with Crippen molar-refractivity contribution in [1.82, 2.24) is 15.5 Å². The summed E-state index contributed by atoms with van der Waals surface area (Å²) in [5, 5.41) is 5.62. The van der Waals surface area contributed by atoms with Gasteiger partial charge in [0.1, 0.15) is 11.9 Å². The number of likely N-dealkylation sites (N-methyl/N-ethyl adjacent to an activating group) is 1. The molecule has 1 saturated heterocycles. The lowest BCUT2D eigenvalue weighted by Crippen LogP contribution is -2.55. The van der Waals surface area contributed by atoms with Gasteiger partial charge in [-0.1, -0.05) is 13.8 Å². The summed E-state index contributed by atoms with van der Waals surface area (Å²) in [6.07, 6.45) is 0.987. The molecule has 6 nitrogen and oxygen atoms in total. The minimum absolute atomic E-state index is 0.0653. The second kappa shape index (κ2) is 8.09. The van der Waals surface area contributed by atoms with Crippen molar-refractivity contribution < 1.29 is 18.8 Å². The molecule has 7 heteroatoms. The number of likely N-dealkylation sites (tertiary alicyclic amines) is 1. The highest BCUT2D eigenvalue weighted by molar-refractivity contribution is 5.97. The van der Waals surface area contributed by atoms with Crippen LogP contribution in [0.5, 0.6) is 0 Å². The minimum atomic E-state index is -0.708. The van der Waals surface area contributed by atoms with Gasteiger partial charge in [-0.3, -0.25) is 14.4 Å². The molecule has 2 N–H and O–H groups in total. The average Bonchev–Trinajstić information content (AvgIpc) is 2.56. The maximum Gasteiger partial charge on any atom is 0.251 e. The van der Waals surface area contributed by atoms with Gasteiger partial charge in [0.05, 0.1) is 0 Å². The molecule has 0 aromatic heterocycles. The maximum atomic E-state index is 13.0. The summed E-state index contributed by atoms with van der Waals surface area (Å²) >= 11 is 0. The van der Waals surface area contributed by atoms with Crippen molar-refractivity contribution in [3.8, 4) is 0 Å². The topological polar surface area (TPSA) is 78.5 Å². The van der Waals surface area contributed by atoms with E-state index in [-0.39, 0.29) is 23.8 Å². The Balaban J connectivity index is 1.99. The third-order valence-corrected chi connectivity index (χ3v) is 4.32. The maximum absolute atomic E-state index is 13.0. The Labute approximate surface area is 146 Å². The van der Waals surface area contributed by atoms with Gasteiger partial charge in [0, 0.05) is 31.6 Å². The molecule has 1 aromatic carbocycles. The van der Waals surface area contributed by atoms with Crippen LogP contribution >= 0.6 is 0 Å². The van der Waals surface area contributed by atoms with Gasteiger partial charge >= 0.3 is 0 Å². The number of hydrogen-bond donors (Lipinski definition) is 2. The van der Waals surface area contributed by atoms with E-state index in [9.17, 15) is 18.8 Å². The summed E-state index contributed by atoms with van der Waals surface area (Å²) < 4.78 is 13.0. The van der Waals surface area contributed by atoms with E-state index in [4.69, 9.17) is 0 Å². The first-order valence-corrected chi connectivity index (χ1v) is 8.38. The third kappa shape index (κ3) is 5.01. The van der Waals surface area contributed by atoms with E-state index < -0.39 is 17.8 Å².